The standard InChI is InChI=1S/C18H22FN7O/c19-15-1-3-16(4-2-15)24-9-11-25(12-10-24)17-13-20-22-18(21-17)26-7-5-23(14-27)6-8-26/h1-4,13-14H,5-12H2. The molecule has 0 aliphatic carbocycles. The molecule has 0 radical (unpaired) electrons. The Balaban J connectivity index is 1.38. The van der Waals surface area contributed by atoms with Gasteiger partial charge in [-0.2, -0.15) is 10.1 Å². The van der Waals surface area contributed by atoms with E-state index in [1.807, 2.05) is 12.1 Å². The Morgan fingerprint density at radius 1 is 0.852 bits per heavy atom. The van der Waals surface area contributed by atoms with Gasteiger partial charge in [0.1, 0.15) is 5.82 Å². The molecule has 2 aromatic rings. The maximum absolute atomic E-state index is 13.1. The molecule has 0 atom stereocenters. The predicted octanol–water partition coefficient (Wildman–Crippen LogP) is 0.616. The summed E-state index contributed by atoms with van der Waals surface area (Å²) < 4.78 is 13.1. The Hall–Kier alpha value is -2.97. The van der Waals surface area contributed by atoms with Gasteiger partial charge < -0.3 is 19.6 Å². The van der Waals surface area contributed by atoms with Crippen LogP contribution in [0.2, 0.25) is 0 Å². The van der Waals surface area contributed by atoms with Gasteiger partial charge in [0, 0.05) is 58.0 Å². The summed E-state index contributed by atoms with van der Waals surface area (Å²) in [6.07, 6.45) is 2.58. The Kier molecular flexibility index (Phi) is 4.99. The number of amides is 1. The fourth-order valence-corrected chi connectivity index (χ4v) is 3.45. The van der Waals surface area contributed by atoms with Crippen LogP contribution in [0.15, 0.2) is 30.5 Å². The fourth-order valence-electron chi connectivity index (χ4n) is 3.45. The van der Waals surface area contributed by atoms with E-state index in [4.69, 9.17) is 0 Å². The summed E-state index contributed by atoms with van der Waals surface area (Å²) in [5.74, 6) is 1.21. The van der Waals surface area contributed by atoms with Crippen LogP contribution < -0.4 is 14.7 Å². The molecule has 0 N–H and O–H groups in total. The van der Waals surface area contributed by atoms with E-state index in [2.05, 4.69) is 29.9 Å². The van der Waals surface area contributed by atoms with Gasteiger partial charge >= 0.3 is 0 Å². The molecule has 1 aromatic heterocycles. The summed E-state index contributed by atoms with van der Waals surface area (Å²) in [5, 5.41) is 8.29. The van der Waals surface area contributed by atoms with E-state index in [0.717, 1.165) is 44.1 Å². The second-order valence-electron chi connectivity index (χ2n) is 6.69. The number of benzene rings is 1. The maximum atomic E-state index is 13.1. The average Bonchev–Trinajstić information content (AvgIpc) is 2.75. The van der Waals surface area contributed by atoms with E-state index >= 15 is 0 Å². The van der Waals surface area contributed by atoms with Crippen molar-refractivity contribution in [3.63, 3.8) is 0 Å². The zero-order valence-electron chi connectivity index (χ0n) is 15.0. The van der Waals surface area contributed by atoms with Crippen molar-refractivity contribution in [2.24, 2.45) is 0 Å². The van der Waals surface area contributed by atoms with Gasteiger partial charge in [0.15, 0.2) is 5.82 Å². The predicted molar refractivity (Wildman–Crippen MR) is 101 cm³/mol. The lowest BCUT2D eigenvalue weighted by atomic mass is 10.2. The van der Waals surface area contributed by atoms with Crippen LogP contribution in [0.3, 0.4) is 0 Å². The van der Waals surface area contributed by atoms with Gasteiger partial charge in [0.2, 0.25) is 12.4 Å². The van der Waals surface area contributed by atoms with Gasteiger partial charge in [-0.25, -0.2) is 4.39 Å². The van der Waals surface area contributed by atoms with E-state index in [-0.39, 0.29) is 5.82 Å². The van der Waals surface area contributed by atoms with E-state index in [1.165, 1.54) is 12.1 Å². The van der Waals surface area contributed by atoms with Gasteiger partial charge in [0.25, 0.3) is 0 Å². The first kappa shape index (κ1) is 17.4. The first-order valence-corrected chi connectivity index (χ1v) is 9.12. The number of carbonyl (C=O) groups excluding carboxylic acids is 1. The highest BCUT2D eigenvalue weighted by molar-refractivity contribution is 5.50. The molecule has 2 aliphatic heterocycles. The number of hydrogen-bond donors (Lipinski definition) is 0. The van der Waals surface area contributed by atoms with Gasteiger partial charge in [-0.3, -0.25) is 4.79 Å². The van der Waals surface area contributed by atoms with Crippen LogP contribution in [0.1, 0.15) is 0 Å². The molecule has 2 saturated heterocycles. The zero-order chi connectivity index (χ0) is 18.6. The van der Waals surface area contributed by atoms with Crippen LogP contribution in [-0.2, 0) is 4.79 Å². The van der Waals surface area contributed by atoms with Gasteiger partial charge in [0.05, 0.1) is 6.20 Å². The first-order valence-electron chi connectivity index (χ1n) is 9.12. The highest BCUT2D eigenvalue weighted by atomic mass is 19.1. The minimum absolute atomic E-state index is 0.217. The van der Waals surface area contributed by atoms with Crippen molar-refractivity contribution in [1.29, 1.82) is 0 Å². The second-order valence-corrected chi connectivity index (χ2v) is 6.69. The van der Waals surface area contributed by atoms with Crippen molar-refractivity contribution in [3.05, 3.63) is 36.3 Å². The summed E-state index contributed by atoms with van der Waals surface area (Å²) in [7, 11) is 0. The quantitative estimate of drug-likeness (QED) is 0.730. The van der Waals surface area contributed by atoms with Crippen molar-refractivity contribution in [2.45, 2.75) is 0 Å². The monoisotopic (exact) mass is 371 g/mol. The largest absolute Gasteiger partial charge is 0.368 e. The Morgan fingerprint density at radius 3 is 2.15 bits per heavy atom. The lowest BCUT2D eigenvalue weighted by Crippen LogP contribution is -2.48. The van der Waals surface area contributed by atoms with Crippen molar-refractivity contribution in [1.82, 2.24) is 20.1 Å². The molecular formula is C18H22FN7O. The number of nitrogens with zero attached hydrogens (tertiary/aromatic N) is 7. The van der Waals surface area contributed by atoms with Gasteiger partial charge in [-0.15, -0.1) is 5.10 Å². The Bertz CT molecular complexity index is 772. The molecule has 3 heterocycles. The highest BCUT2D eigenvalue weighted by Gasteiger charge is 2.22. The summed E-state index contributed by atoms with van der Waals surface area (Å²) in [4.78, 5) is 23.8. The third kappa shape index (κ3) is 3.91. The molecule has 2 fully saturated rings. The van der Waals surface area contributed by atoms with E-state index < -0.39 is 0 Å². The summed E-state index contributed by atoms with van der Waals surface area (Å²) in [5.41, 5.74) is 1.03. The normalized spacial score (nSPS) is 18.0. The number of halogens is 1. The third-order valence-electron chi connectivity index (χ3n) is 5.08. The minimum atomic E-state index is -0.217. The molecule has 142 valence electrons. The number of aromatic nitrogens is 3. The molecule has 4 rings (SSSR count). The third-order valence-corrected chi connectivity index (χ3v) is 5.08. The topological polar surface area (TPSA) is 68.7 Å². The van der Waals surface area contributed by atoms with Crippen molar-refractivity contribution in [2.75, 3.05) is 67.1 Å². The van der Waals surface area contributed by atoms with E-state index in [9.17, 15) is 9.18 Å². The van der Waals surface area contributed by atoms with Crippen LogP contribution in [0.4, 0.5) is 21.8 Å². The highest BCUT2D eigenvalue weighted by Crippen LogP contribution is 2.20. The molecule has 0 bridgehead atoms. The molecule has 2 aliphatic rings. The van der Waals surface area contributed by atoms with Crippen molar-refractivity contribution < 1.29 is 9.18 Å². The molecule has 8 nitrogen and oxygen atoms in total. The number of carbonyl (C=O) groups is 1. The summed E-state index contributed by atoms with van der Waals surface area (Å²) in [6, 6.07) is 6.61. The average molecular weight is 371 g/mol. The number of rotatable bonds is 4. The number of piperazine rings is 2. The lowest BCUT2D eigenvalue weighted by Gasteiger charge is -2.37. The maximum Gasteiger partial charge on any atom is 0.247 e. The van der Waals surface area contributed by atoms with Gasteiger partial charge in [-0.05, 0) is 24.3 Å². The van der Waals surface area contributed by atoms with Crippen LogP contribution in [0, 0.1) is 5.82 Å². The van der Waals surface area contributed by atoms with Crippen LogP contribution >= 0.6 is 0 Å². The van der Waals surface area contributed by atoms with Crippen LogP contribution in [0.5, 0.6) is 0 Å². The zero-order valence-corrected chi connectivity index (χ0v) is 15.0. The smallest absolute Gasteiger partial charge is 0.247 e. The van der Waals surface area contributed by atoms with Crippen molar-refractivity contribution >= 4 is 23.9 Å². The van der Waals surface area contributed by atoms with Crippen LogP contribution in [-0.4, -0.2) is 78.8 Å². The fraction of sp³-hybridized carbons (Fsp3) is 0.444. The first-order chi connectivity index (χ1) is 13.2. The Morgan fingerprint density at radius 2 is 1.48 bits per heavy atom. The molecule has 9 heteroatoms. The number of anilines is 3. The minimum Gasteiger partial charge on any atom is -0.368 e. The summed E-state index contributed by atoms with van der Waals surface area (Å²) >= 11 is 0. The molecule has 0 spiro atoms. The van der Waals surface area contributed by atoms with Gasteiger partial charge in [-0.1, -0.05) is 0 Å². The molecule has 0 saturated carbocycles. The SMILES string of the molecule is O=CN1CCN(c2nncc(N3CCN(c4ccc(F)cc4)CC3)n2)CC1. The number of hydrogen-bond acceptors (Lipinski definition) is 7. The van der Waals surface area contributed by atoms with Crippen LogP contribution in [0.25, 0.3) is 0 Å². The Labute approximate surface area is 157 Å². The molecule has 1 aromatic carbocycles. The molecular weight excluding hydrogens is 349 g/mol. The molecule has 0 unspecified atom stereocenters. The van der Waals surface area contributed by atoms with E-state index in [1.54, 1.807) is 11.1 Å². The van der Waals surface area contributed by atoms with E-state index in [0.29, 0.717) is 32.1 Å². The summed E-state index contributed by atoms with van der Waals surface area (Å²) in [6.45, 7) is 6.07. The molecule has 1 amide bonds. The molecule has 27 heavy (non-hydrogen) atoms. The second kappa shape index (κ2) is 7.73. The van der Waals surface area contributed by atoms with Crippen molar-refractivity contribution in [3.8, 4) is 0 Å². The lowest BCUT2D eigenvalue weighted by molar-refractivity contribution is -0.118.